The van der Waals surface area contributed by atoms with Gasteiger partial charge in [0.1, 0.15) is 23.2 Å². The van der Waals surface area contributed by atoms with Crippen LogP contribution in [0.1, 0.15) is 66.0 Å². The predicted molar refractivity (Wildman–Crippen MR) is 195 cm³/mol. The Balaban J connectivity index is 0.000000187. The number of carbonyl (C=O) groups excluding carboxylic acids is 2. The molecular formula is C41H32N6O4. The predicted octanol–water partition coefficient (Wildman–Crippen LogP) is 6.33. The highest BCUT2D eigenvalue weighted by molar-refractivity contribution is 6.09. The number of nitrogens with zero attached hydrogens (tertiary/aromatic N) is 5. The number of aromatic amines is 1. The molecule has 0 atom stereocenters. The van der Waals surface area contributed by atoms with Gasteiger partial charge in [-0.2, -0.15) is 5.26 Å². The number of nitriles is 1. The molecule has 0 saturated carbocycles. The molecule has 0 bridgehead atoms. The lowest BCUT2D eigenvalue weighted by Crippen LogP contribution is -2.21. The number of pyridine rings is 5. The molecule has 5 heterocycles. The number of aromatic nitrogens is 5. The third-order valence-corrected chi connectivity index (χ3v) is 8.68. The van der Waals surface area contributed by atoms with Crippen LogP contribution in [-0.2, 0) is 6.54 Å². The Morgan fingerprint density at radius 3 is 1.92 bits per heavy atom. The van der Waals surface area contributed by atoms with Crippen LogP contribution in [0, 0.1) is 39.0 Å². The van der Waals surface area contributed by atoms with Gasteiger partial charge < -0.3 is 9.55 Å². The fourth-order valence-electron chi connectivity index (χ4n) is 5.57. The Morgan fingerprint density at radius 1 is 0.686 bits per heavy atom. The standard InChI is InChI=1S/C24H18N4O2.C17H14N2O2/c1-15-10-11-21(26-16(15)2)24(30)20-14-28(13-18-7-5-6-17(12-25)27-18)22-9-4-3-8-19(22)23(20)29;1-10-7-8-15(19-11(10)2)17(21)13-9-18-14-6-4-3-5-12(14)16(13)20/h3-11,14H,13H2,1-2H3;3-9H,1-2H3,(H,18,20). The summed E-state index contributed by atoms with van der Waals surface area (Å²) in [4.78, 5) is 67.1. The molecule has 0 radical (unpaired) electrons. The van der Waals surface area contributed by atoms with Gasteiger partial charge in [-0.15, -0.1) is 0 Å². The third kappa shape index (κ3) is 7.00. The summed E-state index contributed by atoms with van der Waals surface area (Å²) >= 11 is 0. The zero-order chi connectivity index (χ0) is 36.2. The van der Waals surface area contributed by atoms with Crippen LogP contribution in [0.25, 0.3) is 21.8 Å². The Bertz CT molecular complexity index is 2670. The van der Waals surface area contributed by atoms with E-state index in [4.69, 9.17) is 5.26 Å². The molecule has 1 N–H and O–H groups in total. The van der Waals surface area contributed by atoms with E-state index < -0.39 is 5.78 Å². The molecule has 0 aliphatic rings. The fraction of sp³-hybridized carbons (Fsp3) is 0.122. The van der Waals surface area contributed by atoms with E-state index in [9.17, 15) is 19.2 Å². The molecule has 7 aromatic rings. The molecule has 0 saturated heterocycles. The number of aryl methyl sites for hydroxylation is 4. The van der Waals surface area contributed by atoms with Gasteiger partial charge in [-0.3, -0.25) is 19.2 Å². The summed E-state index contributed by atoms with van der Waals surface area (Å²) in [7, 11) is 0. The van der Waals surface area contributed by atoms with Crippen molar-refractivity contribution in [2.24, 2.45) is 0 Å². The molecule has 0 amide bonds. The van der Waals surface area contributed by atoms with Crippen molar-refractivity contribution in [3.8, 4) is 6.07 Å². The van der Waals surface area contributed by atoms with Crippen LogP contribution in [0.15, 0.2) is 113 Å². The molecule has 0 fully saturated rings. The van der Waals surface area contributed by atoms with Crippen molar-refractivity contribution in [3.05, 3.63) is 180 Å². The first-order valence-corrected chi connectivity index (χ1v) is 16.1. The molecule has 0 aliphatic carbocycles. The minimum absolute atomic E-state index is 0.0564. The second-order valence-corrected chi connectivity index (χ2v) is 12.1. The Labute approximate surface area is 292 Å². The monoisotopic (exact) mass is 672 g/mol. The lowest BCUT2D eigenvalue weighted by atomic mass is 10.0. The van der Waals surface area contributed by atoms with Crippen molar-refractivity contribution < 1.29 is 9.59 Å². The van der Waals surface area contributed by atoms with E-state index in [0.29, 0.717) is 45.4 Å². The lowest BCUT2D eigenvalue weighted by molar-refractivity contribution is 0.102. The lowest BCUT2D eigenvalue weighted by Gasteiger charge is -2.13. The van der Waals surface area contributed by atoms with Gasteiger partial charge in [0, 0.05) is 40.1 Å². The van der Waals surface area contributed by atoms with Gasteiger partial charge in [0.15, 0.2) is 0 Å². The van der Waals surface area contributed by atoms with Gasteiger partial charge in [0.25, 0.3) is 0 Å². The molecule has 0 aliphatic heterocycles. The van der Waals surface area contributed by atoms with Gasteiger partial charge >= 0.3 is 0 Å². The Hall–Kier alpha value is -6.86. The highest BCUT2D eigenvalue weighted by atomic mass is 16.1. The summed E-state index contributed by atoms with van der Waals surface area (Å²) < 4.78 is 1.81. The zero-order valence-corrected chi connectivity index (χ0v) is 28.4. The number of hydrogen-bond donors (Lipinski definition) is 1. The smallest absolute Gasteiger partial charge is 0.216 e. The van der Waals surface area contributed by atoms with E-state index in [1.54, 1.807) is 66.9 Å². The van der Waals surface area contributed by atoms with Gasteiger partial charge in [-0.05, 0) is 87.4 Å². The van der Waals surface area contributed by atoms with Crippen LogP contribution < -0.4 is 10.9 Å². The minimum Gasteiger partial charge on any atom is -0.360 e. The van der Waals surface area contributed by atoms with Crippen LogP contribution in [0.5, 0.6) is 0 Å². The van der Waals surface area contributed by atoms with Crippen LogP contribution in [0.2, 0.25) is 0 Å². The molecular weight excluding hydrogens is 640 g/mol. The molecule has 51 heavy (non-hydrogen) atoms. The number of ketones is 2. The van der Waals surface area contributed by atoms with Crippen molar-refractivity contribution in [2.45, 2.75) is 34.2 Å². The number of nitrogens with one attached hydrogen (secondary N) is 1. The number of hydrogen-bond acceptors (Lipinski definition) is 8. The summed E-state index contributed by atoms with van der Waals surface area (Å²) in [6.07, 6.45) is 3.02. The zero-order valence-electron chi connectivity index (χ0n) is 28.4. The van der Waals surface area contributed by atoms with Crippen LogP contribution >= 0.6 is 0 Å². The first-order valence-electron chi connectivity index (χ1n) is 16.1. The summed E-state index contributed by atoms with van der Waals surface area (Å²) in [5.74, 6) is -0.772. The highest BCUT2D eigenvalue weighted by Crippen LogP contribution is 2.17. The normalized spacial score (nSPS) is 10.7. The van der Waals surface area contributed by atoms with E-state index >= 15 is 0 Å². The summed E-state index contributed by atoms with van der Waals surface area (Å²) in [5, 5.41) is 10.1. The largest absolute Gasteiger partial charge is 0.360 e. The van der Waals surface area contributed by atoms with E-state index in [1.807, 2.05) is 68.7 Å². The van der Waals surface area contributed by atoms with Crippen molar-refractivity contribution in [2.75, 3.05) is 0 Å². The van der Waals surface area contributed by atoms with Crippen LogP contribution in [0.4, 0.5) is 0 Å². The SMILES string of the molecule is Cc1ccc(C(=O)c2c[nH]c3ccccc3c2=O)nc1C.Cc1ccc(C(=O)c2cn(Cc3cccc(C#N)n3)c3ccccc3c2=O)nc1C. The summed E-state index contributed by atoms with van der Waals surface area (Å²) in [5.41, 5.74) is 6.01. The second-order valence-electron chi connectivity index (χ2n) is 12.1. The number of carbonyl (C=O) groups is 2. The molecule has 10 heteroatoms. The molecule has 7 rings (SSSR count). The summed E-state index contributed by atoms with van der Waals surface area (Å²) in [6.45, 7) is 7.84. The molecule has 2 aromatic carbocycles. The molecule has 250 valence electrons. The topological polar surface area (TPSA) is 151 Å². The maximum absolute atomic E-state index is 13.1. The van der Waals surface area contributed by atoms with Gasteiger partial charge in [-0.25, -0.2) is 15.0 Å². The van der Waals surface area contributed by atoms with E-state index in [-0.39, 0.29) is 33.5 Å². The number of benzene rings is 2. The fourth-order valence-corrected chi connectivity index (χ4v) is 5.57. The van der Waals surface area contributed by atoms with Gasteiger partial charge in [0.05, 0.1) is 28.9 Å². The van der Waals surface area contributed by atoms with Crippen LogP contribution in [0.3, 0.4) is 0 Å². The Kier molecular flexibility index (Phi) is 9.55. The third-order valence-electron chi connectivity index (χ3n) is 8.68. The number of H-pyrrole nitrogens is 1. The van der Waals surface area contributed by atoms with Crippen molar-refractivity contribution in [3.63, 3.8) is 0 Å². The van der Waals surface area contributed by atoms with Crippen LogP contribution in [-0.4, -0.2) is 36.1 Å². The summed E-state index contributed by atoms with van der Waals surface area (Å²) in [6, 6.07) is 28.4. The molecule has 0 unspecified atom stereocenters. The molecule has 5 aromatic heterocycles. The van der Waals surface area contributed by atoms with Gasteiger partial charge in [-0.1, -0.05) is 42.5 Å². The Morgan fingerprint density at radius 2 is 1.27 bits per heavy atom. The van der Waals surface area contributed by atoms with Crippen molar-refractivity contribution in [1.29, 1.82) is 5.26 Å². The van der Waals surface area contributed by atoms with E-state index in [0.717, 1.165) is 22.5 Å². The van der Waals surface area contributed by atoms with E-state index in [1.165, 1.54) is 6.20 Å². The average molecular weight is 673 g/mol. The maximum atomic E-state index is 13.1. The number of rotatable bonds is 6. The first-order chi connectivity index (χ1) is 24.5. The highest BCUT2D eigenvalue weighted by Gasteiger charge is 2.19. The first kappa shape index (κ1) is 34.0. The van der Waals surface area contributed by atoms with E-state index in [2.05, 4.69) is 19.9 Å². The average Bonchev–Trinajstić information content (AvgIpc) is 3.15. The van der Waals surface area contributed by atoms with Gasteiger partial charge in [0.2, 0.25) is 22.4 Å². The second kappa shape index (κ2) is 14.3. The number of fused-ring (bicyclic) bond motifs is 2. The molecule has 10 nitrogen and oxygen atoms in total. The maximum Gasteiger partial charge on any atom is 0.216 e. The molecule has 0 spiro atoms. The minimum atomic E-state index is -0.415. The quantitative estimate of drug-likeness (QED) is 0.201. The number of para-hydroxylation sites is 2. The van der Waals surface area contributed by atoms with Crippen molar-refractivity contribution in [1.82, 2.24) is 24.5 Å². The van der Waals surface area contributed by atoms with Crippen molar-refractivity contribution >= 4 is 33.4 Å².